The predicted octanol–water partition coefficient (Wildman–Crippen LogP) is 1.44. The zero-order valence-corrected chi connectivity index (χ0v) is 15.6. The van der Waals surface area contributed by atoms with Crippen molar-refractivity contribution in [3.8, 4) is 11.5 Å². The molecule has 0 bridgehead atoms. The molecule has 19 heavy (non-hydrogen) atoms. The van der Waals surface area contributed by atoms with Gasteiger partial charge >= 0.3 is 135 Å². The fourth-order valence-electron chi connectivity index (χ4n) is 1.51. The molecule has 0 radical (unpaired) electrons. The Morgan fingerprint density at radius 2 is 1.05 bits per heavy atom. The Labute approximate surface area is 134 Å². The maximum atomic E-state index is 5.18. The Bertz CT molecular complexity index is 447. The molecule has 2 rings (SSSR count). The van der Waals surface area contributed by atoms with Crippen molar-refractivity contribution in [3.05, 3.63) is 48.5 Å². The van der Waals surface area contributed by atoms with Gasteiger partial charge in [0.15, 0.2) is 0 Å². The summed E-state index contributed by atoms with van der Waals surface area (Å²) in [6.45, 7) is 0. The van der Waals surface area contributed by atoms with Crippen molar-refractivity contribution in [3.63, 3.8) is 0 Å². The van der Waals surface area contributed by atoms with E-state index in [0.717, 1.165) is 11.5 Å². The minimum absolute atomic E-state index is 0.0413. The van der Waals surface area contributed by atoms with E-state index in [4.69, 9.17) is 9.47 Å². The van der Waals surface area contributed by atoms with Crippen molar-refractivity contribution in [1.82, 2.24) is 0 Å². The molecule has 0 spiro atoms. The topological polar surface area (TPSA) is 18.5 Å². The van der Waals surface area contributed by atoms with Crippen molar-refractivity contribution in [1.29, 1.82) is 0 Å². The molecule has 0 aliphatic carbocycles. The van der Waals surface area contributed by atoms with Crippen LogP contribution in [0.3, 0.4) is 0 Å². The van der Waals surface area contributed by atoms with Crippen LogP contribution in [0.1, 0.15) is 0 Å². The van der Waals surface area contributed by atoms with Gasteiger partial charge in [-0.05, 0) is 0 Å². The molecule has 0 aliphatic heterocycles. The molecule has 0 aromatic heterocycles. The molecular formula is C15H16O2Te2. The maximum absolute atomic E-state index is 5.18. The summed E-state index contributed by atoms with van der Waals surface area (Å²) >= 11 is -0.0826. The molecule has 0 aliphatic rings. The zero-order chi connectivity index (χ0) is 13.5. The van der Waals surface area contributed by atoms with Crippen LogP contribution in [0.4, 0.5) is 0 Å². The van der Waals surface area contributed by atoms with Crippen molar-refractivity contribution in [2.45, 2.75) is 2.52 Å². The van der Waals surface area contributed by atoms with Gasteiger partial charge in [-0.3, -0.25) is 0 Å². The number of methoxy groups -OCH3 is 2. The number of hydrogen-bond acceptors (Lipinski definition) is 2. The number of benzene rings is 2. The Balaban J connectivity index is 1.81. The zero-order valence-electron chi connectivity index (χ0n) is 11.0. The summed E-state index contributed by atoms with van der Waals surface area (Å²) in [5.41, 5.74) is 0. The summed E-state index contributed by atoms with van der Waals surface area (Å²) in [6.07, 6.45) is 0. The van der Waals surface area contributed by atoms with E-state index in [1.165, 1.54) is 9.74 Å². The molecule has 4 heteroatoms. The van der Waals surface area contributed by atoms with E-state index in [0.29, 0.717) is 0 Å². The normalized spacial score (nSPS) is 10.2. The summed E-state index contributed by atoms with van der Waals surface area (Å²) in [5, 5.41) is 0. The second kappa shape index (κ2) is 8.03. The second-order valence-electron chi connectivity index (χ2n) is 3.76. The van der Waals surface area contributed by atoms with E-state index >= 15 is 0 Å². The van der Waals surface area contributed by atoms with Crippen LogP contribution in [0, 0.1) is 0 Å². The minimum atomic E-state index is -0.0413. The Morgan fingerprint density at radius 3 is 1.37 bits per heavy atom. The third-order valence-electron chi connectivity index (χ3n) is 2.57. The molecule has 0 saturated heterocycles. The van der Waals surface area contributed by atoms with Crippen LogP contribution in [-0.4, -0.2) is 56.1 Å². The predicted molar refractivity (Wildman–Crippen MR) is 81.6 cm³/mol. The fraction of sp³-hybridized carbons (Fsp3) is 0.200. The van der Waals surface area contributed by atoms with E-state index in [1.807, 2.05) is 0 Å². The molecule has 2 aromatic rings. The Kier molecular flexibility index (Phi) is 6.35. The molecular weight excluding hydrogens is 467 g/mol. The Morgan fingerprint density at radius 1 is 0.684 bits per heavy atom. The molecule has 100 valence electrons. The number of rotatable bonds is 6. The van der Waals surface area contributed by atoms with Crippen LogP contribution < -0.4 is 16.7 Å². The van der Waals surface area contributed by atoms with Gasteiger partial charge in [-0.15, -0.1) is 0 Å². The van der Waals surface area contributed by atoms with Gasteiger partial charge in [0, 0.05) is 0 Å². The van der Waals surface area contributed by atoms with Gasteiger partial charge in [0.05, 0.1) is 0 Å². The average molecular weight is 483 g/mol. The van der Waals surface area contributed by atoms with Crippen molar-refractivity contribution < 1.29 is 9.47 Å². The summed E-state index contributed by atoms with van der Waals surface area (Å²) in [6, 6.07) is 17.1. The van der Waals surface area contributed by atoms with Gasteiger partial charge in [-0.2, -0.15) is 0 Å². The first-order chi connectivity index (χ1) is 9.31. The second-order valence-corrected chi connectivity index (χ2v) is 13.3. The molecule has 0 saturated carbocycles. The van der Waals surface area contributed by atoms with Crippen LogP contribution in [0.15, 0.2) is 48.5 Å². The third kappa shape index (κ3) is 4.90. The number of ether oxygens (including phenoxy) is 2. The standard InChI is InChI=1S/C15H16O2Te2/c1-16-12-3-7-14(8-4-12)18-11-19-15-9-5-13(17-2)6-10-15/h3-10H,11H2,1-2H3. The van der Waals surface area contributed by atoms with Crippen LogP contribution in [0.2, 0.25) is 2.52 Å². The summed E-state index contributed by atoms with van der Waals surface area (Å²) in [7, 11) is 3.42. The van der Waals surface area contributed by atoms with E-state index in [1.54, 1.807) is 14.2 Å². The molecule has 2 nitrogen and oxygen atoms in total. The van der Waals surface area contributed by atoms with Gasteiger partial charge in [-0.1, -0.05) is 0 Å². The molecule has 0 unspecified atom stereocenters. The summed E-state index contributed by atoms with van der Waals surface area (Å²) < 4.78 is 14.8. The van der Waals surface area contributed by atoms with Crippen LogP contribution in [-0.2, 0) is 0 Å². The van der Waals surface area contributed by atoms with Crippen molar-refractivity contribution >= 4 is 49.1 Å². The monoisotopic (exact) mass is 488 g/mol. The third-order valence-corrected chi connectivity index (χ3v) is 11.2. The van der Waals surface area contributed by atoms with Crippen LogP contribution in [0.25, 0.3) is 0 Å². The molecule has 0 heterocycles. The quantitative estimate of drug-likeness (QED) is 0.580. The van der Waals surface area contributed by atoms with E-state index < -0.39 is 0 Å². The van der Waals surface area contributed by atoms with Gasteiger partial charge in [-0.25, -0.2) is 0 Å². The van der Waals surface area contributed by atoms with Gasteiger partial charge < -0.3 is 0 Å². The molecule has 2 aromatic carbocycles. The van der Waals surface area contributed by atoms with Crippen LogP contribution >= 0.6 is 0 Å². The SMILES string of the molecule is COc1ccc([Te]C[Te]c2ccc(OC)cc2)cc1. The molecule has 0 fully saturated rings. The first-order valence-electron chi connectivity index (χ1n) is 5.85. The first kappa shape index (κ1) is 15.0. The van der Waals surface area contributed by atoms with Crippen LogP contribution in [0.5, 0.6) is 11.5 Å². The fourth-order valence-corrected chi connectivity index (χ4v) is 10.7. The summed E-state index contributed by atoms with van der Waals surface area (Å²) in [5.74, 6) is 1.89. The van der Waals surface area contributed by atoms with E-state index in [2.05, 4.69) is 48.5 Å². The van der Waals surface area contributed by atoms with Gasteiger partial charge in [0.25, 0.3) is 0 Å². The summed E-state index contributed by atoms with van der Waals surface area (Å²) in [4.78, 5) is 0. The molecule has 0 N–H and O–H groups in total. The Hall–Kier alpha value is -0.381. The molecule has 0 amide bonds. The van der Waals surface area contributed by atoms with Crippen molar-refractivity contribution in [2.24, 2.45) is 0 Å². The van der Waals surface area contributed by atoms with Crippen molar-refractivity contribution in [2.75, 3.05) is 14.2 Å². The van der Waals surface area contributed by atoms with E-state index in [-0.39, 0.29) is 41.8 Å². The molecule has 0 atom stereocenters. The van der Waals surface area contributed by atoms with Gasteiger partial charge in [0.1, 0.15) is 0 Å². The van der Waals surface area contributed by atoms with E-state index in [9.17, 15) is 0 Å². The number of hydrogen-bond donors (Lipinski definition) is 0. The average Bonchev–Trinajstić information content (AvgIpc) is 2.49. The first-order valence-corrected chi connectivity index (χ1v) is 11.5. The van der Waals surface area contributed by atoms with Gasteiger partial charge in [0.2, 0.25) is 0 Å².